The van der Waals surface area contributed by atoms with Crippen LogP contribution in [0.1, 0.15) is 35.3 Å². The van der Waals surface area contributed by atoms with Crippen molar-refractivity contribution in [2.75, 3.05) is 0 Å². The Morgan fingerprint density at radius 2 is 1.56 bits per heavy atom. The third-order valence-corrected chi connectivity index (χ3v) is 5.13. The van der Waals surface area contributed by atoms with Gasteiger partial charge in [-0.25, -0.2) is 4.79 Å². The van der Waals surface area contributed by atoms with Gasteiger partial charge in [0.1, 0.15) is 6.10 Å². The Hall–Kier alpha value is -2.21. The molecule has 1 aliphatic rings. The quantitative estimate of drug-likeness (QED) is 0.742. The average molecular weight is 342 g/mol. The molecule has 0 saturated carbocycles. The minimum atomic E-state index is -2.19. The lowest BCUT2D eigenvalue weighted by Gasteiger charge is -2.38. The van der Waals surface area contributed by atoms with Crippen molar-refractivity contribution in [3.8, 4) is 0 Å². The standard InChI is InChI=1S/C20H22O5/c1-12-8-4-6-10-14(12)16(21)17-20(24,19(3,23)18(22)25-17)15-11-7-5-9-13(15)2/h4-11,16-17,21,23-24H,1-3H3/t16?,17-,19+,20-/m1/s1. The highest BCUT2D eigenvalue weighted by atomic mass is 16.6. The zero-order valence-electron chi connectivity index (χ0n) is 14.4. The zero-order chi connectivity index (χ0) is 18.4. The number of carbonyl (C=O) groups excluding carboxylic acids is 1. The van der Waals surface area contributed by atoms with E-state index in [4.69, 9.17) is 4.74 Å². The Morgan fingerprint density at radius 3 is 2.16 bits per heavy atom. The van der Waals surface area contributed by atoms with Gasteiger partial charge >= 0.3 is 5.97 Å². The van der Waals surface area contributed by atoms with Gasteiger partial charge in [-0.1, -0.05) is 48.5 Å². The predicted octanol–water partition coefficient (Wildman–Crippen LogP) is 1.90. The smallest absolute Gasteiger partial charge is 0.341 e. The SMILES string of the molecule is Cc1ccccc1C(O)[C@H]1OC(=O)[C@](C)(O)[C@@]1(O)c1ccccc1C. The van der Waals surface area contributed by atoms with Gasteiger partial charge in [0, 0.05) is 0 Å². The molecule has 3 N–H and O–H groups in total. The molecule has 0 aliphatic carbocycles. The van der Waals surface area contributed by atoms with Crippen molar-refractivity contribution in [1.82, 2.24) is 0 Å². The van der Waals surface area contributed by atoms with E-state index in [2.05, 4.69) is 0 Å². The number of aliphatic hydroxyl groups excluding tert-OH is 1. The first-order valence-electron chi connectivity index (χ1n) is 8.16. The first-order valence-corrected chi connectivity index (χ1v) is 8.16. The van der Waals surface area contributed by atoms with Crippen molar-refractivity contribution < 1.29 is 24.9 Å². The second-order valence-corrected chi connectivity index (χ2v) is 6.78. The van der Waals surface area contributed by atoms with Crippen LogP contribution < -0.4 is 0 Å². The van der Waals surface area contributed by atoms with Gasteiger partial charge < -0.3 is 20.1 Å². The number of hydrogen-bond donors (Lipinski definition) is 3. The minimum Gasteiger partial charge on any atom is -0.453 e. The number of hydrogen-bond acceptors (Lipinski definition) is 5. The van der Waals surface area contributed by atoms with Gasteiger partial charge in [-0.15, -0.1) is 0 Å². The van der Waals surface area contributed by atoms with Gasteiger partial charge in [-0.05, 0) is 43.0 Å². The largest absolute Gasteiger partial charge is 0.453 e. The fourth-order valence-electron chi connectivity index (χ4n) is 3.54. The van der Waals surface area contributed by atoms with E-state index >= 15 is 0 Å². The molecule has 5 nitrogen and oxygen atoms in total. The zero-order valence-corrected chi connectivity index (χ0v) is 14.4. The number of benzene rings is 2. The van der Waals surface area contributed by atoms with Gasteiger partial charge in [0.05, 0.1) is 0 Å². The van der Waals surface area contributed by atoms with Crippen LogP contribution in [-0.2, 0) is 15.1 Å². The maximum Gasteiger partial charge on any atom is 0.341 e. The first-order chi connectivity index (χ1) is 11.7. The van der Waals surface area contributed by atoms with Gasteiger partial charge in [0.15, 0.2) is 17.3 Å². The van der Waals surface area contributed by atoms with Crippen molar-refractivity contribution in [2.24, 2.45) is 0 Å². The molecule has 1 heterocycles. The highest BCUT2D eigenvalue weighted by Crippen LogP contribution is 2.49. The second-order valence-electron chi connectivity index (χ2n) is 6.78. The van der Waals surface area contributed by atoms with E-state index in [1.165, 1.54) is 6.92 Å². The van der Waals surface area contributed by atoms with Crippen LogP contribution in [0.25, 0.3) is 0 Å². The fraction of sp³-hybridized carbons (Fsp3) is 0.350. The second kappa shape index (κ2) is 5.95. The number of carbonyl (C=O) groups is 1. The van der Waals surface area contributed by atoms with E-state index in [1.807, 2.05) is 19.1 Å². The van der Waals surface area contributed by atoms with Crippen molar-refractivity contribution in [3.63, 3.8) is 0 Å². The lowest BCUT2D eigenvalue weighted by molar-refractivity contribution is -0.163. The van der Waals surface area contributed by atoms with Crippen molar-refractivity contribution in [1.29, 1.82) is 0 Å². The van der Waals surface area contributed by atoms with Gasteiger partial charge in [0.2, 0.25) is 0 Å². The van der Waals surface area contributed by atoms with Gasteiger partial charge in [-0.2, -0.15) is 0 Å². The van der Waals surface area contributed by atoms with Crippen LogP contribution in [0.5, 0.6) is 0 Å². The summed E-state index contributed by atoms with van der Waals surface area (Å²) in [5.74, 6) is -0.962. The van der Waals surface area contributed by atoms with Crippen LogP contribution in [0, 0.1) is 13.8 Å². The summed E-state index contributed by atoms with van der Waals surface area (Å²) in [5, 5.41) is 33.1. The molecule has 2 aromatic rings. The van der Waals surface area contributed by atoms with Crippen molar-refractivity contribution in [2.45, 2.75) is 44.2 Å². The van der Waals surface area contributed by atoms with Crippen molar-refractivity contribution >= 4 is 5.97 Å². The molecule has 2 aromatic carbocycles. The molecule has 4 atom stereocenters. The lowest BCUT2D eigenvalue weighted by atomic mass is 9.73. The topological polar surface area (TPSA) is 87.0 Å². The van der Waals surface area contributed by atoms with E-state index < -0.39 is 29.4 Å². The van der Waals surface area contributed by atoms with E-state index in [1.54, 1.807) is 43.3 Å². The number of rotatable bonds is 3. The molecule has 1 fully saturated rings. The molecule has 1 unspecified atom stereocenters. The van der Waals surface area contributed by atoms with Gasteiger partial charge in [0.25, 0.3) is 0 Å². The summed E-state index contributed by atoms with van der Waals surface area (Å²) >= 11 is 0. The first kappa shape index (κ1) is 17.6. The highest BCUT2D eigenvalue weighted by Gasteiger charge is 2.67. The van der Waals surface area contributed by atoms with Crippen LogP contribution in [0.3, 0.4) is 0 Å². The van der Waals surface area contributed by atoms with E-state index in [0.717, 1.165) is 5.56 Å². The van der Waals surface area contributed by atoms with E-state index in [-0.39, 0.29) is 0 Å². The highest BCUT2D eigenvalue weighted by molar-refractivity contribution is 5.84. The molecule has 0 spiro atoms. The molecule has 5 heteroatoms. The molecule has 0 bridgehead atoms. The fourth-order valence-corrected chi connectivity index (χ4v) is 3.54. The molecule has 132 valence electrons. The molecule has 0 aromatic heterocycles. The average Bonchev–Trinajstić information content (AvgIpc) is 2.76. The number of aryl methyl sites for hydroxylation is 2. The summed E-state index contributed by atoms with van der Waals surface area (Å²) in [5.41, 5.74) is -1.91. The maximum atomic E-state index is 12.3. The molecule has 1 aliphatic heterocycles. The summed E-state index contributed by atoms with van der Waals surface area (Å²) in [4.78, 5) is 12.3. The van der Waals surface area contributed by atoms with E-state index in [0.29, 0.717) is 16.7 Å². The summed E-state index contributed by atoms with van der Waals surface area (Å²) in [7, 11) is 0. The Kier molecular flexibility index (Phi) is 4.19. The third-order valence-electron chi connectivity index (χ3n) is 5.13. The Morgan fingerprint density at radius 1 is 1.00 bits per heavy atom. The summed E-state index contributed by atoms with van der Waals surface area (Å²) in [6.45, 7) is 4.80. The number of esters is 1. The Balaban J connectivity index is 2.17. The molecule has 25 heavy (non-hydrogen) atoms. The minimum absolute atomic E-state index is 0.350. The molecule has 0 radical (unpaired) electrons. The summed E-state index contributed by atoms with van der Waals surface area (Å²) in [6, 6.07) is 14.0. The normalized spacial score (nSPS) is 30.2. The molecular weight excluding hydrogens is 320 g/mol. The van der Waals surface area contributed by atoms with E-state index in [9.17, 15) is 20.1 Å². The summed E-state index contributed by atoms with van der Waals surface area (Å²) < 4.78 is 5.28. The molecular formula is C20H22O5. The lowest BCUT2D eigenvalue weighted by Crippen LogP contribution is -2.55. The Labute approximate surface area is 146 Å². The van der Waals surface area contributed by atoms with Crippen LogP contribution >= 0.6 is 0 Å². The van der Waals surface area contributed by atoms with Gasteiger partial charge in [-0.3, -0.25) is 0 Å². The third kappa shape index (κ3) is 2.47. The van der Waals surface area contributed by atoms with Crippen LogP contribution in [0.15, 0.2) is 48.5 Å². The molecule has 0 amide bonds. The number of ether oxygens (including phenoxy) is 1. The van der Waals surface area contributed by atoms with Crippen LogP contribution in [-0.4, -0.2) is 33.0 Å². The monoisotopic (exact) mass is 342 g/mol. The van der Waals surface area contributed by atoms with Crippen LogP contribution in [0.2, 0.25) is 0 Å². The molecule has 3 rings (SSSR count). The Bertz CT molecular complexity index is 813. The maximum absolute atomic E-state index is 12.3. The van der Waals surface area contributed by atoms with Crippen molar-refractivity contribution in [3.05, 3.63) is 70.8 Å². The molecule has 1 saturated heterocycles. The predicted molar refractivity (Wildman–Crippen MR) is 91.7 cm³/mol. The summed E-state index contributed by atoms with van der Waals surface area (Å²) in [6.07, 6.45) is -2.62. The number of cyclic esters (lactones) is 1. The number of aliphatic hydroxyl groups is 3. The van der Waals surface area contributed by atoms with Crippen LogP contribution in [0.4, 0.5) is 0 Å².